The Bertz CT molecular complexity index is 485. The van der Waals surface area contributed by atoms with Crippen LogP contribution >= 0.6 is 11.8 Å². The van der Waals surface area contributed by atoms with Crippen LogP contribution < -0.4 is 5.32 Å². The summed E-state index contributed by atoms with van der Waals surface area (Å²) in [5.41, 5.74) is 0. The number of carbonyl (C=O) groups excluding carboxylic acids is 1. The molecule has 0 radical (unpaired) electrons. The van der Waals surface area contributed by atoms with E-state index < -0.39 is 0 Å². The number of rotatable bonds is 4. The van der Waals surface area contributed by atoms with E-state index in [0.717, 1.165) is 48.7 Å². The number of hydrogen-bond acceptors (Lipinski definition) is 3. The molecular weight excluding hydrogens is 292 g/mol. The summed E-state index contributed by atoms with van der Waals surface area (Å²) in [4.78, 5) is 17.0. The van der Waals surface area contributed by atoms with Gasteiger partial charge in [-0.05, 0) is 88.6 Å². The second kappa shape index (κ2) is 5.94. The molecule has 3 unspecified atom stereocenters. The number of fused-ring (bicyclic) bond motifs is 2. The first-order valence-electron chi connectivity index (χ1n) is 9.14. The first kappa shape index (κ1) is 15.2. The summed E-state index contributed by atoms with van der Waals surface area (Å²) < 4.78 is -0.269. The minimum atomic E-state index is -0.269. The lowest BCUT2D eigenvalue weighted by Gasteiger charge is -2.29. The van der Waals surface area contributed by atoms with Crippen molar-refractivity contribution in [2.24, 2.45) is 28.7 Å². The standard InChI is InChI=1S/C18H28N2OS/c1-18(11-12-4-6-19-7-5-12)17(21)20-16(22-18)10-15-9-13-2-3-14(15)8-13/h12-15,19H,2-11H2,1H3/t13?,14?,15-,18?/m1/s1. The number of carbonyl (C=O) groups is 1. The van der Waals surface area contributed by atoms with Gasteiger partial charge in [-0.2, -0.15) is 0 Å². The summed E-state index contributed by atoms with van der Waals surface area (Å²) in [7, 11) is 0. The summed E-state index contributed by atoms with van der Waals surface area (Å²) in [6.07, 6.45) is 10.2. The third kappa shape index (κ3) is 2.89. The number of amides is 1. The molecule has 2 saturated carbocycles. The molecule has 4 atom stereocenters. The van der Waals surface area contributed by atoms with Crippen molar-refractivity contribution in [2.75, 3.05) is 13.1 Å². The van der Waals surface area contributed by atoms with Gasteiger partial charge in [0.15, 0.2) is 0 Å². The van der Waals surface area contributed by atoms with Crippen molar-refractivity contribution in [1.82, 2.24) is 5.32 Å². The van der Waals surface area contributed by atoms with E-state index in [1.165, 1.54) is 38.5 Å². The van der Waals surface area contributed by atoms with E-state index in [0.29, 0.717) is 5.92 Å². The molecule has 22 heavy (non-hydrogen) atoms. The second-order valence-electron chi connectivity index (χ2n) is 8.18. The minimum Gasteiger partial charge on any atom is -0.317 e. The predicted molar refractivity (Wildman–Crippen MR) is 92.2 cm³/mol. The molecule has 1 saturated heterocycles. The average molecular weight is 321 g/mol. The van der Waals surface area contributed by atoms with Crippen LogP contribution in [0.5, 0.6) is 0 Å². The molecule has 2 bridgehead atoms. The maximum atomic E-state index is 12.5. The van der Waals surface area contributed by atoms with Crippen LogP contribution in [0, 0.1) is 23.7 Å². The topological polar surface area (TPSA) is 41.5 Å². The van der Waals surface area contributed by atoms with Gasteiger partial charge < -0.3 is 5.32 Å². The molecule has 0 aromatic heterocycles. The number of nitrogens with one attached hydrogen (secondary N) is 1. The minimum absolute atomic E-state index is 0.147. The van der Waals surface area contributed by atoms with Crippen molar-refractivity contribution in [2.45, 2.75) is 63.0 Å². The Morgan fingerprint density at radius 1 is 1.23 bits per heavy atom. The SMILES string of the molecule is CC1(CC2CCNCC2)SC(C[C@H]2CC3CCC2C3)=NC1=O. The van der Waals surface area contributed by atoms with E-state index in [-0.39, 0.29) is 10.7 Å². The summed E-state index contributed by atoms with van der Waals surface area (Å²) in [5, 5.41) is 4.57. The predicted octanol–water partition coefficient (Wildman–Crippen LogP) is 3.63. The van der Waals surface area contributed by atoms with Gasteiger partial charge in [-0.15, -0.1) is 0 Å². The Balaban J connectivity index is 1.35. The lowest BCUT2D eigenvalue weighted by Crippen LogP contribution is -2.35. The Morgan fingerprint density at radius 2 is 2.05 bits per heavy atom. The van der Waals surface area contributed by atoms with Gasteiger partial charge in [0.1, 0.15) is 4.75 Å². The molecule has 1 N–H and O–H groups in total. The fourth-order valence-electron chi connectivity index (χ4n) is 5.26. The Kier molecular flexibility index (Phi) is 4.10. The van der Waals surface area contributed by atoms with Crippen LogP contribution in [0.15, 0.2) is 4.99 Å². The fraction of sp³-hybridized carbons (Fsp3) is 0.889. The molecule has 2 heterocycles. The maximum absolute atomic E-state index is 12.5. The highest BCUT2D eigenvalue weighted by Gasteiger charge is 2.45. The van der Waals surface area contributed by atoms with E-state index in [4.69, 9.17) is 0 Å². The summed E-state index contributed by atoms with van der Waals surface area (Å²) in [6, 6.07) is 0. The third-order valence-electron chi connectivity index (χ3n) is 6.48. The van der Waals surface area contributed by atoms with Gasteiger partial charge in [-0.1, -0.05) is 18.2 Å². The lowest BCUT2D eigenvalue weighted by molar-refractivity contribution is -0.119. The molecule has 3 fully saturated rings. The number of nitrogens with zero attached hydrogens (tertiary/aromatic N) is 1. The molecule has 0 aromatic carbocycles. The number of aliphatic imine (C=N–C) groups is 1. The molecule has 4 aliphatic rings. The van der Waals surface area contributed by atoms with Crippen LogP contribution in [0.1, 0.15) is 58.3 Å². The van der Waals surface area contributed by atoms with Gasteiger partial charge >= 0.3 is 0 Å². The van der Waals surface area contributed by atoms with Gasteiger partial charge in [-0.25, -0.2) is 4.99 Å². The highest BCUT2D eigenvalue weighted by Crippen LogP contribution is 2.51. The lowest BCUT2D eigenvalue weighted by atomic mass is 9.87. The van der Waals surface area contributed by atoms with Crippen LogP contribution in [-0.2, 0) is 4.79 Å². The summed E-state index contributed by atoms with van der Waals surface area (Å²) in [5.74, 6) is 3.58. The molecule has 4 rings (SSSR count). The zero-order valence-electron chi connectivity index (χ0n) is 13.6. The monoisotopic (exact) mass is 320 g/mol. The van der Waals surface area contributed by atoms with Crippen molar-refractivity contribution in [3.8, 4) is 0 Å². The molecule has 4 heteroatoms. The number of hydrogen-bond donors (Lipinski definition) is 1. The highest BCUT2D eigenvalue weighted by molar-refractivity contribution is 8.16. The van der Waals surface area contributed by atoms with Gasteiger partial charge in [-0.3, -0.25) is 4.79 Å². The van der Waals surface area contributed by atoms with E-state index in [1.807, 2.05) is 11.8 Å². The van der Waals surface area contributed by atoms with Crippen molar-refractivity contribution in [1.29, 1.82) is 0 Å². The van der Waals surface area contributed by atoms with E-state index in [9.17, 15) is 4.79 Å². The smallest absolute Gasteiger partial charge is 0.262 e. The molecular formula is C18H28N2OS. The molecule has 3 nitrogen and oxygen atoms in total. The largest absolute Gasteiger partial charge is 0.317 e. The fourth-order valence-corrected chi connectivity index (χ4v) is 6.66. The molecule has 2 aliphatic carbocycles. The maximum Gasteiger partial charge on any atom is 0.262 e. The summed E-state index contributed by atoms with van der Waals surface area (Å²) >= 11 is 1.81. The van der Waals surface area contributed by atoms with E-state index >= 15 is 0 Å². The zero-order chi connectivity index (χ0) is 15.2. The molecule has 122 valence electrons. The van der Waals surface area contributed by atoms with Crippen molar-refractivity contribution in [3.63, 3.8) is 0 Å². The summed E-state index contributed by atoms with van der Waals surface area (Å²) in [6.45, 7) is 4.36. The molecule has 0 aromatic rings. The normalized spacial score (nSPS) is 42.1. The van der Waals surface area contributed by atoms with Crippen LogP contribution in [0.2, 0.25) is 0 Å². The highest BCUT2D eigenvalue weighted by atomic mass is 32.2. The van der Waals surface area contributed by atoms with E-state index in [1.54, 1.807) is 0 Å². The first-order chi connectivity index (χ1) is 10.6. The Morgan fingerprint density at radius 3 is 2.73 bits per heavy atom. The molecule has 1 amide bonds. The first-order valence-corrected chi connectivity index (χ1v) is 9.96. The van der Waals surface area contributed by atoms with Gasteiger partial charge in [0.25, 0.3) is 5.91 Å². The zero-order valence-corrected chi connectivity index (χ0v) is 14.5. The van der Waals surface area contributed by atoms with Crippen LogP contribution in [-0.4, -0.2) is 28.8 Å². The van der Waals surface area contributed by atoms with Gasteiger partial charge in [0.05, 0.1) is 5.04 Å². The quantitative estimate of drug-likeness (QED) is 0.860. The third-order valence-corrected chi connectivity index (χ3v) is 7.77. The average Bonchev–Trinajstić information content (AvgIpc) is 3.16. The van der Waals surface area contributed by atoms with Crippen LogP contribution in [0.3, 0.4) is 0 Å². The van der Waals surface area contributed by atoms with E-state index in [2.05, 4.69) is 17.2 Å². The van der Waals surface area contributed by atoms with Gasteiger partial charge in [0.2, 0.25) is 0 Å². The Hall–Kier alpha value is -0.350. The van der Waals surface area contributed by atoms with Gasteiger partial charge in [0, 0.05) is 0 Å². The Labute approximate surface area is 138 Å². The molecule has 0 spiro atoms. The van der Waals surface area contributed by atoms with Crippen molar-refractivity contribution in [3.05, 3.63) is 0 Å². The molecule has 2 aliphatic heterocycles. The number of piperidine rings is 1. The second-order valence-corrected chi connectivity index (χ2v) is 9.76. The number of thioether (sulfide) groups is 1. The van der Waals surface area contributed by atoms with Crippen molar-refractivity contribution >= 4 is 22.7 Å². The van der Waals surface area contributed by atoms with Crippen LogP contribution in [0.4, 0.5) is 0 Å². The van der Waals surface area contributed by atoms with Crippen molar-refractivity contribution < 1.29 is 4.79 Å². The van der Waals surface area contributed by atoms with Crippen LogP contribution in [0.25, 0.3) is 0 Å².